The standard InChI is InChI=1S/C12H15N5/c13-9-2-1-7-17(8-9)11-4-3-10-12(16-11)15-6-5-14-10/h3-6,9H,1-2,7-8,13H2/t9-/m1/s1. The van der Waals surface area contributed by atoms with Crippen molar-refractivity contribution in [2.24, 2.45) is 5.73 Å². The van der Waals surface area contributed by atoms with E-state index in [4.69, 9.17) is 5.73 Å². The van der Waals surface area contributed by atoms with Gasteiger partial charge in [0, 0.05) is 31.5 Å². The van der Waals surface area contributed by atoms with Crippen LogP contribution in [0.3, 0.4) is 0 Å². The number of rotatable bonds is 1. The van der Waals surface area contributed by atoms with E-state index in [0.29, 0.717) is 5.65 Å². The van der Waals surface area contributed by atoms with E-state index >= 15 is 0 Å². The summed E-state index contributed by atoms with van der Waals surface area (Å²) in [6.45, 7) is 1.89. The number of fused-ring (bicyclic) bond motifs is 1. The SMILES string of the molecule is N[C@@H]1CCCN(c2ccc3nccnc3n2)C1. The van der Waals surface area contributed by atoms with Gasteiger partial charge < -0.3 is 10.6 Å². The number of hydrogen-bond acceptors (Lipinski definition) is 5. The van der Waals surface area contributed by atoms with Gasteiger partial charge in [-0.05, 0) is 25.0 Å². The highest BCUT2D eigenvalue weighted by molar-refractivity contribution is 5.71. The molecule has 5 nitrogen and oxygen atoms in total. The van der Waals surface area contributed by atoms with Gasteiger partial charge in [0.05, 0.1) is 0 Å². The van der Waals surface area contributed by atoms with Gasteiger partial charge in [0.25, 0.3) is 0 Å². The summed E-state index contributed by atoms with van der Waals surface area (Å²) in [5.74, 6) is 0.952. The Labute approximate surface area is 99.7 Å². The van der Waals surface area contributed by atoms with Crippen LogP contribution in [0.1, 0.15) is 12.8 Å². The van der Waals surface area contributed by atoms with Gasteiger partial charge in [-0.3, -0.25) is 4.98 Å². The quantitative estimate of drug-likeness (QED) is 0.788. The van der Waals surface area contributed by atoms with Crippen molar-refractivity contribution in [1.82, 2.24) is 15.0 Å². The Morgan fingerprint density at radius 3 is 3.00 bits per heavy atom. The van der Waals surface area contributed by atoms with Gasteiger partial charge >= 0.3 is 0 Å². The summed E-state index contributed by atoms with van der Waals surface area (Å²) in [6.07, 6.45) is 5.58. The molecule has 88 valence electrons. The van der Waals surface area contributed by atoms with Crippen LogP contribution < -0.4 is 10.6 Å². The van der Waals surface area contributed by atoms with Crippen molar-refractivity contribution in [1.29, 1.82) is 0 Å². The summed E-state index contributed by atoms with van der Waals surface area (Å²) in [5, 5.41) is 0. The van der Waals surface area contributed by atoms with Crippen LogP contribution in [-0.4, -0.2) is 34.1 Å². The summed E-state index contributed by atoms with van der Waals surface area (Å²) < 4.78 is 0. The molecule has 0 aliphatic carbocycles. The maximum Gasteiger partial charge on any atom is 0.180 e. The van der Waals surface area contributed by atoms with E-state index < -0.39 is 0 Å². The molecule has 1 aliphatic heterocycles. The van der Waals surface area contributed by atoms with Crippen LogP contribution in [0.15, 0.2) is 24.5 Å². The van der Waals surface area contributed by atoms with Crippen LogP contribution in [0.2, 0.25) is 0 Å². The lowest BCUT2D eigenvalue weighted by Gasteiger charge is -2.31. The highest BCUT2D eigenvalue weighted by Crippen LogP contribution is 2.18. The second kappa shape index (κ2) is 4.25. The molecule has 0 spiro atoms. The third kappa shape index (κ3) is 2.06. The van der Waals surface area contributed by atoms with E-state index in [9.17, 15) is 0 Å². The molecule has 1 fully saturated rings. The maximum absolute atomic E-state index is 5.98. The summed E-state index contributed by atoms with van der Waals surface area (Å²) in [7, 11) is 0. The average molecular weight is 229 g/mol. The largest absolute Gasteiger partial charge is 0.355 e. The van der Waals surface area contributed by atoms with Crippen LogP contribution in [0.25, 0.3) is 11.2 Å². The third-order valence-electron chi connectivity index (χ3n) is 3.10. The maximum atomic E-state index is 5.98. The highest BCUT2D eigenvalue weighted by Gasteiger charge is 2.18. The van der Waals surface area contributed by atoms with Gasteiger partial charge in [0.2, 0.25) is 0 Å². The van der Waals surface area contributed by atoms with E-state index in [1.807, 2.05) is 12.1 Å². The van der Waals surface area contributed by atoms with Crippen molar-refractivity contribution >= 4 is 17.0 Å². The van der Waals surface area contributed by atoms with Gasteiger partial charge in [-0.2, -0.15) is 0 Å². The topological polar surface area (TPSA) is 67.9 Å². The van der Waals surface area contributed by atoms with Gasteiger partial charge in [-0.1, -0.05) is 0 Å². The fraction of sp³-hybridized carbons (Fsp3) is 0.417. The van der Waals surface area contributed by atoms with E-state index in [0.717, 1.165) is 37.3 Å². The minimum atomic E-state index is 0.253. The third-order valence-corrected chi connectivity index (χ3v) is 3.10. The number of nitrogens with zero attached hydrogens (tertiary/aromatic N) is 4. The van der Waals surface area contributed by atoms with Crippen LogP contribution in [0.5, 0.6) is 0 Å². The van der Waals surface area contributed by atoms with Crippen molar-refractivity contribution in [2.75, 3.05) is 18.0 Å². The number of nitrogens with two attached hydrogens (primary N) is 1. The molecule has 17 heavy (non-hydrogen) atoms. The van der Waals surface area contributed by atoms with Crippen molar-refractivity contribution in [3.63, 3.8) is 0 Å². The molecule has 2 N–H and O–H groups in total. The van der Waals surface area contributed by atoms with Crippen LogP contribution in [0, 0.1) is 0 Å². The molecule has 0 saturated carbocycles. The summed E-state index contributed by atoms with van der Waals surface area (Å²) in [5.41, 5.74) is 7.51. The second-order valence-electron chi connectivity index (χ2n) is 4.42. The molecule has 0 amide bonds. The molecule has 3 rings (SSSR count). The van der Waals surface area contributed by atoms with E-state index in [1.165, 1.54) is 0 Å². The summed E-state index contributed by atoms with van der Waals surface area (Å²) in [4.78, 5) is 15.2. The first-order chi connectivity index (χ1) is 8.33. The van der Waals surface area contributed by atoms with Crippen molar-refractivity contribution in [2.45, 2.75) is 18.9 Å². The lowest BCUT2D eigenvalue weighted by molar-refractivity contribution is 0.503. The first kappa shape index (κ1) is 10.4. The van der Waals surface area contributed by atoms with E-state index in [1.54, 1.807) is 12.4 Å². The molecule has 1 atom stereocenters. The van der Waals surface area contributed by atoms with Gasteiger partial charge in [0.1, 0.15) is 11.3 Å². The number of aromatic nitrogens is 3. The van der Waals surface area contributed by atoms with Gasteiger partial charge in [-0.15, -0.1) is 0 Å². The fourth-order valence-electron chi connectivity index (χ4n) is 2.24. The normalized spacial score (nSPS) is 20.8. The molecule has 0 bridgehead atoms. The predicted molar refractivity (Wildman–Crippen MR) is 66.8 cm³/mol. The van der Waals surface area contributed by atoms with Gasteiger partial charge in [-0.25, -0.2) is 9.97 Å². The first-order valence-corrected chi connectivity index (χ1v) is 5.91. The van der Waals surface area contributed by atoms with Gasteiger partial charge in [0.15, 0.2) is 5.65 Å². The Balaban J connectivity index is 1.94. The Kier molecular flexibility index (Phi) is 2.60. The molecule has 2 aromatic heterocycles. The molecule has 1 saturated heterocycles. The first-order valence-electron chi connectivity index (χ1n) is 5.91. The predicted octanol–water partition coefficient (Wildman–Crippen LogP) is 0.952. The van der Waals surface area contributed by atoms with Crippen molar-refractivity contribution < 1.29 is 0 Å². The number of anilines is 1. The molecule has 1 aliphatic rings. The molecule has 3 heterocycles. The lowest BCUT2D eigenvalue weighted by atomic mass is 10.1. The van der Waals surface area contributed by atoms with Crippen molar-refractivity contribution in [3.8, 4) is 0 Å². The Bertz CT molecular complexity index is 527. The molecular formula is C12H15N5. The second-order valence-corrected chi connectivity index (χ2v) is 4.42. The van der Waals surface area contributed by atoms with Crippen LogP contribution in [-0.2, 0) is 0 Å². The monoisotopic (exact) mass is 229 g/mol. The molecule has 5 heteroatoms. The van der Waals surface area contributed by atoms with Crippen molar-refractivity contribution in [3.05, 3.63) is 24.5 Å². The zero-order valence-corrected chi connectivity index (χ0v) is 9.58. The molecular weight excluding hydrogens is 214 g/mol. The number of hydrogen-bond donors (Lipinski definition) is 1. The Morgan fingerprint density at radius 2 is 2.12 bits per heavy atom. The number of piperidine rings is 1. The Morgan fingerprint density at radius 1 is 1.24 bits per heavy atom. The summed E-state index contributed by atoms with van der Waals surface area (Å²) >= 11 is 0. The summed E-state index contributed by atoms with van der Waals surface area (Å²) in [6, 6.07) is 4.21. The molecule has 2 aromatic rings. The Hall–Kier alpha value is -1.75. The van der Waals surface area contributed by atoms with Crippen LogP contribution in [0.4, 0.5) is 5.82 Å². The smallest absolute Gasteiger partial charge is 0.180 e. The lowest BCUT2D eigenvalue weighted by Crippen LogP contribution is -2.43. The zero-order chi connectivity index (χ0) is 11.7. The minimum Gasteiger partial charge on any atom is -0.355 e. The highest BCUT2D eigenvalue weighted by atomic mass is 15.2. The van der Waals surface area contributed by atoms with Crippen LogP contribution >= 0.6 is 0 Å². The molecule has 0 aromatic carbocycles. The average Bonchev–Trinajstić information content (AvgIpc) is 2.38. The zero-order valence-electron chi connectivity index (χ0n) is 9.58. The number of pyridine rings is 1. The van der Waals surface area contributed by atoms with E-state index in [2.05, 4.69) is 19.9 Å². The minimum absolute atomic E-state index is 0.253. The van der Waals surface area contributed by atoms with E-state index in [-0.39, 0.29) is 6.04 Å². The molecule has 0 unspecified atom stereocenters. The fourth-order valence-corrected chi connectivity index (χ4v) is 2.24. The molecule has 0 radical (unpaired) electrons.